The number of carbonyl (C=O) groups excluding carboxylic acids is 1. The fraction of sp³-hybridized carbons (Fsp3) is 0. The Morgan fingerprint density at radius 3 is 2.92 bits per heavy atom. The van der Waals surface area contributed by atoms with E-state index >= 15 is 0 Å². The molecule has 0 saturated carbocycles. The summed E-state index contributed by atoms with van der Waals surface area (Å²) in [5.41, 5.74) is 1.21. The maximum atomic E-state index is 11.0. The van der Waals surface area contributed by atoms with Crippen LogP contribution in [0.3, 0.4) is 0 Å². The van der Waals surface area contributed by atoms with Crippen LogP contribution in [0, 0.1) is 0 Å². The summed E-state index contributed by atoms with van der Waals surface area (Å²) in [6, 6.07) is 7.28. The molecule has 3 heteroatoms. The Labute approximate surface area is 77.3 Å². The third kappa shape index (κ3) is 1.06. The van der Waals surface area contributed by atoms with Crippen molar-refractivity contribution >= 4 is 31.6 Å². The highest BCUT2D eigenvalue weighted by atomic mass is 79.9. The molecule has 0 unspecified atom stereocenters. The van der Waals surface area contributed by atoms with Crippen LogP contribution >= 0.6 is 15.9 Å². The molecule has 1 aromatic carbocycles. The van der Waals surface area contributed by atoms with Crippen molar-refractivity contribution in [1.29, 1.82) is 0 Å². The molecular weight excluding hydrogens is 220 g/mol. The predicted octanol–water partition coefficient (Wildman–Crippen LogP) is 2.97. The van der Waals surface area contributed by atoms with Gasteiger partial charge in [-0.05, 0) is 28.1 Å². The summed E-state index contributed by atoms with van der Waals surface area (Å²) in [5.74, 6) is 0. The zero-order valence-corrected chi connectivity index (χ0v) is 7.67. The summed E-state index contributed by atoms with van der Waals surface area (Å²) >= 11 is 2.89. The van der Waals surface area contributed by atoms with Gasteiger partial charge in [0.15, 0.2) is 0 Å². The summed E-state index contributed by atoms with van der Waals surface area (Å²) in [7, 11) is 0. The molecule has 0 radical (unpaired) electrons. The van der Waals surface area contributed by atoms with Gasteiger partial charge in [-0.25, -0.2) is 0 Å². The number of rotatable bonds is 1. The number of para-hydroxylation sites is 1. The monoisotopic (exact) mass is 224 g/mol. The molecule has 2 rings (SSSR count). The molecule has 0 aliphatic carbocycles. The van der Waals surface area contributed by atoms with Crippen LogP contribution in [-0.2, 0) is 0 Å². The number of hydrogen-bond acceptors (Lipinski definition) is 2. The van der Waals surface area contributed by atoms with Gasteiger partial charge >= 0.3 is 0 Å². The zero-order chi connectivity index (χ0) is 8.55. The van der Waals surface area contributed by atoms with E-state index in [9.17, 15) is 4.79 Å². The van der Waals surface area contributed by atoms with Crippen molar-refractivity contribution in [2.75, 3.05) is 0 Å². The second kappa shape index (κ2) is 2.75. The Morgan fingerprint density at radius 2 is 2.17 bits per heavy atom. The number of carbonyl (C=O) groups is 1. The summed E-state index contributed by atoms with van der Waals surface area (Å²) in [6.45, 7) is 0. The molecule has 0 aliphatic rings. The molecule has 2 aromatic rings. The van der Waals surface area contributed by atoms with Crippen LogP contribution in [0.15, 0.2) is 34.9 Å². The lowest BCUT2D eigenvalue weighted by Gasteiger charge is -1.93. The standard InChI is InChI=1S/C9H5BrO2/c10-9(11)7-3-1-2-6-4-5-12-8(6)7/h1-5H. The summed E-state index contributed by atoms with van der Waals surface area (Å²) in [5, 5.41) is 0.945. The van der Waals surface area contributed by atoms with E-state index in [0.717, 1.165) is 5.39 Å². The summed E-state index contributed by atoms with van der Waals surface area (Å²) in [4.78, 5) is 11.0. The summed E-state index contributed by atoms with van der Waals surface area (Å²) in [6.07, 6.45) is 1.57. The van der Waals surface area contributed by atoms with E-state index in [4.69, 9.17) is 4.42 Å². The van der Waals surface area contributed by atoms with Crippen LogP contribution in [0.1, 0.15) is 10.4 Å². The second-order valence-corrected chi connectivity index (χ2v) is 3.14. The van der Waals surface area contributed by atoms with E-state index in [0.29, 0.717) is 11.1 Å². The number of benzene rings is 1. The first kappa shape index (κ1) is 7.55. The van der Waals surface area contributed by atoms with E-state index < -0.39 is 0 Å². The Balaban J connectivity index is 2.82. The van der Waals surface area contributed by atoms with Crippen LogP contribution in [0.2, 0.25) is 0 Å². The molecule has 0 atom stereocenters. The minimum absolute atomic E-state index is 0.150. The van der Waals surface area contributed by atoms with E-state index in [2.05, 4.69) is 15.9 Å². The van der Waals surface area contributed by atoms with Crippen molar-refractivity contribution in [2.45, 2.75) is 0 Å². The Bertz CT molecular complexity index is 431. The van der Waals surface area contributed by atoms with Crippen LogP contribution in [0.5, 0.6) is 0 Å². The highest BCUT2D eigenvalue weighted by Gasteiger charge is 2.08. The average molecular weight is 225 g/mol. The van der Waals surface area contributed by atoms with Crippen molar-refractivity contribution < 1.29 is 9.21 Å². The molecule has 1 heterocycles. The SMILES string of the molecule is O=C(Br)c1cccc2ccoc12. The van der Waals surface area contributed by atoms with Gasteiger partial charge < -0.3 is 4.42 Å². The van der Waals surface area contributed by atoms with Crippen molar-refractivity contribution in [3.8, 4) is 0 Å². The normalized spacial score (nSPS) is 10.4. The van der Waals surface area contributed by atoms with Gasteiger partial charge in [0, 0.05) is 5.39 Å². The molecule has 12 heavy (non-hydrogen) atoms. The Morgan fingerprint density at radius 1 is 1.33 bits per heavy atom. The molecule has 60 valence electrons. The lowest BCUT2D eigenvalue weighted by atomic mass is 10.2. The smallest absolute Gasteiger partial charge is 0.231 e. The second-order valence-electron chi connectivity index (χ2n) is 2.42. The van der Waals surface area contributed by atoms with Gasteiger partial charge in [0.05, 0.1) is 11.8 Å². The van der Waals surface area contributed by atoms with Gasteiger partial charge in [0.25, 0.3) is 0 Å². The predicted molar refractivity (Wildman–Crippen MR) is 49.5 cm³/mol. The zero-order valence-electron chi connectivity index (χ0n) is 6.08. The Hall–Kier alpha value is -1.09. The van der Waals surface area contributed by atoms with E-state index in [1.165, 1.54) is 0 Å². The van der Waals surface area contributed by atoms with Gasteiger partial charge in [0.1, 0.15) is 5.58 Å². The first-order valence-corrected chi connectivity index (χ1v) is 4.24. The van der Waals surface area contributed by atoms with Gasteiger partial charge in [-0.1, -0.05) is 12.1 Å². The number of hydrogen-bond donors (Lipinski definition) is 0. The molecule has 0 amide bonds. The third-order valence-electron chi connectivity index (χ3n) is 1.69. The first-order chi connectivity index (χ1) is 5.79. The van der Waals surface area contributed by atoms with Crippen LogP contribution in [-0.4, -0.2) is 4.69 Å². The molecular formula is C9H5BrO2. The number of halogens is 1. The van der Waals surface area contributed by atoms with Crippen molar-refractivity contribution in [3.63, 3.8) is 0 Å². The maximum Gasteiger partial charge on any atom is 0.231 e. The van der Waals surface area contributed by atoms with Crippen molar-refractivity contribution in [2.24, 2.45) is 0 Å². The van der Waals surface area contributed by atoms with E-state index in [1.807, 2.05) is 18.2 Å². The van der Waals surface area contributed by atoms with E-state index in [-0.39, 0.29) is 4.69 Å². The van der Waals surface area contributed by atoms with Crippen molar-refractivity contribution in [1.82, 2.24) is 0 Å². The molecule has 0 fully saturated rings. The fourth-order valence-corrected chi connectivity index (χ4v) is 1.46. The van der Waals surface area contributed by atoms with Gasteiger partial charge in [-0.3, -0.25) is 4.79 Å². The molecule has 0 aliphatic heterocycles. The average Bonchev–Trinajstić information content (AvgIpc) is 2.49. The molecule has 1 aromatic heterocycles. The fourth-order valence-electron chi connectivity index (χ4n) is 1.15. The third-order valence-corrected chi connectivity index (χ3v) is 2.12. The molecule has 2 nitrogen and oxygen atoms in total. The number of fused-ring (bicyclic) bond motifs is 1. The van der Waals surface area contributed by atoms with Crippen LogP contribution in [0.4, 0.5) is 0 Å². The Kier molecular flexibility index (Phi) is 1.73. The lowest BCUT2D eigenvalue weighted by molar-refractivity contribution is 0.109. The highest BCUT2D eigenvalue weighted by Crippen LogP contribution is 2.21. The van der Waals surface area contributed by atoms with Gasteiger partial charge in [0.2, 0.25) is 4.69 Å². The van der Waals surface area contributed by atoms with Crippen LogP contribution in [0.25, 0.3) is 11.0 Å². The minimum atomic E-state index is -0.150. The largest absolute Gasteiger partial charge is 0.464 e. The number of furan rings is 1. The first-order valence-electron chi connectivity index (χ1n) is 3.45. The molecule has 0 spiro atoms. The minimum Gasteiger partial charge on any atom is -0.464 e. The van der Waals surface area contributed by atoms with Gasteiger partial charge in [-0.2, -0.15) is 0 Å². The molecule has 0 bridgehead atoms. The molecule has 0 N–H and O–H groups in total. The molecule has 0 saturated heterocycles. The van der Waals surface area contributed by atoms with Crippen LogP contribution < -0.4 is 0 Å². The topological polar surface area (TPSA) is 30.2 Å². The maximum absolute atomic E-state index is 11.0. The summed E-state index contributed by atoms with van der Waals surface area (Å²) < 4.78 is 5.01. The van der Waals surface area contributed by atoms with Crippen molar-refractivity contribution in [3.05, 3.63) is 36.1 Å². The quantitative estimate of drug-likeness (QED) is 0.698. The van der Waals surface area contributed by atoms with E-state index in [1.54, 1.807) is 12.3 Å². The lowest BCUT2D eigenvalue weighted by Crippen LogP contribution is -1.86. The van der Waals surface area contributed by atoms with Gasteiger partial charge in [-0.15, -0.1) is 0 Å². The highest BCUT2D eigenvalue weighted by molar-refractivity contribution is 9.18.